The average Bonchev–Trinajstić information content (AvgIpc) is 3.34. The molecule has 0 aliphatic heterocycles. The van der Waals surface area contributed by atoms with Crippen LogP contribution in [0.25, 0.3) is 111 Å². The first-order valence-corrected chi connectivity index (χ1v) is 20.2. The van der Waals surface area contributed by atoms with Gasteiger partial charge >= 0.3 is 0 Å². The van der Waals surface area contributed by atoms with Crippen LogP contribution in [-0.4, -0.2) is 19.9 Å². The van der Waals surface area contributed by atoms with Crippen molar-refractivity contribution in [2.24, 2.45) is 0 Å². The van der Waals surface area contributed by atoms with Crippen LogP contribution in [0.5, 0.6) is 0 Å². The van der Waals surface area contributed by atoms with E-state index in [2.05, 4.69) is 182 Å². The molecule has 11 rings (SSSR count). The minimum atomic E-state index is 0.636. The van der Waals surface area contributed by atoms with Crippen LogP contribution in [0.2, 0.25) is 0 Å². The molecule has 2 heterocycles. The van der Waals surface area contributed by atoms with E-state index in [0.29, 0.717) is 17.5 Å². The fourth-order valence-corrected chi connectivity index (χ4v) is 8.14. The Hall–Kier alpha value is -8.08. The van der Waals surface area contributed by atoms with Gasteiger partial charge in [-0.25, -0.2) is 19.9 Å². The molecule has 4 nitrogen and oxygen atoms in total. The van der Waals surface area contributed by atoms with Crippen molar-refractivity contribution in [3.05, 3.63) is 218 Å². The van der Waals surface area contributed by atoms with E-state index >= 15 is 0 Å². The third kappa shape index (κ3) is 6.66. The van der Waals surface area contributed by atoms with E-state index in [1.807, 2.05) is 36.4 Å². The molecule has 9 aromatic carbocycles. The Bertz CT molecular complexity index is 3310. The molecular weight excluding hydrogens is 729 g/mol. The molecule has 0 radical (unpaired) electrons. The lowest BCUT2D eigenvalue weighted by molar-refractivity contribution is 1.07. The van der Waals surface area contributed by atoms with E-state index in [-0.39, 0.29) is 0 Å². The zero-order valence-corrected chi connectivity index (χ0v) is 32.6. The summed E-state index contributed by atoms with van der Waals surface area (Å²) in [6.07, 6.45) is 0. The summed E-state index contributed by atoms with van der Waals surface area (Å²) in [5, 5.41) is 6.01. The molecule has 60 heavy (non-hydrogen) atoms. The van der Waals surface area contributed by atoms with E-state index in [9.17, 15) is 0 Å². The summed E-state index contributed by atoms with van der Waals surface area (Å²) in [5.74, 6) is 1.92. The summed E-state index contributed by atoms with van der Waals surface area (Å²) in [6.45, 7) is 0. The lowest BCUT2D eigenvalue weighted by atomic mass is 9.95. The van der Waals surface area contributed by atoms with Gasteiger partial charge in [0.05, 0.1) is 11.2 Å². The SMILES string of the molecule is c1ccc(-c2ccc(-c3nc(-c4ccccc4)nc(-c4ccc(-c5ccc(-c6ccc(-c7nc8ccccc8c8cc9ccccc9cc78)cc6)cc5)cc4)n3)cc2)cc1. The Balaban J connectivity index is 0.870. The zero-order valence-electron chi connectivity index (χ0n) is 32.6. The summed E-state index contributed by atoms with van der Waals surface area (Å²) in [7, 11) is 0. The number of hydrogen-bond donors (Lipinski definition) is 0. The van der Waals surface area contributed by atoms with Crippen molar-refractivity contribution < 1.29 is 0 Å². The highest BCUT2D eigenvalue weighted by Crippen LogP contribution is 2.37. The van der Waals surface area contributed by atoms with Gasteiger partial charge in [0.15, 0.2) is 17.5 Å². The van der Waals surface area contributed by atoms with Gasteiger partial charge in [0.2, 0.25) is 0 Å². The lowest BCUT2D eigenvalue weighted by Crippen LogP contribution is -2.00. The Morgan fingerprint density at radius 2 is 0.550 bits per heavy atom. The molecule has 0 N–H and O–H groups in total. The molecule has 2 aromatic heterocycles. The summed E-state index contributed by atoms with van der Waals surface area (Å²) in [4.78, 5) is 20.1. The first kappa shape index (κ1) is 35.1. The van der Waals surface area contributed by atoms with Gasteiger partial charge in [0.1, 0.15) is 0 Å². The molecule has 0 atom stereocenters. The second-order valence-electron chi connectivity index (χ2n) is 15.1. The highest BCUT2D eigenvalue weighted by Gasteiger charge is 2.15. The standard InChI is InChI=1S/C56H36N4/c1-3-11-37(12-4-1)38-25-31-45(32-26-38)55-58-54(44-13-5-2-6-14-44)59-56(60-55)46-33-27-42(28-34-46)40-21-19-39(20-22-40)41-23-29-43(30-24-41)53-51-36-48-16-8-7-15-47(48)35-50(51)49-17-9-10-18-52(49)57-53/h1-36H. The van der Waals surface area contributed by atoms with Crippen molar-refractivity contribution in [2.45, 2.75) is 0 Å². The van der Waals surface area contributed by atoms with Gasteiger partial charge in [-0.3, -0.25) is 0 Å². The van der Waals surface area contributed by atoms with E-state index in [0.717, 1.165) is 66.7 Å². The molecule has 0 aliphatic rings. The van der Waals surface area contributed by atoms with Gasteiger partial charge in [0.25, 0.3) is 0 Å². The average molecular weight is 765 g/mol. The molecule has 0 saturated heterocycles. The zero-order chi connectivity index (χ0) is 39.8. The van der Waals surface area contributed by atoms with Crippen molar-refractivity contribution in [3.63, 3.8) is 0 Å². The fraction of sp³-hybridized carbons (Fsp3) is 0. The molecular formula is C56H36N4. The Kier molecular flexibility index (Phi) is 8.79. The fourth-order valence-electron chi connectivity index (χ4n) is 8.14. The number of para-hydroxylation sites is 1. The molecule has 0 fully saturated rings. The van der Waals surface area contributed by atoms with Crippen molar-refractivity contribution in [1.82, 2.24) is 19.9 Å². The number of hydrogen-bond acceptors (Lipinski definition) is 4. The predicted octanol–water partition coefficient (Wildman–Crippen LogP) is 14.4. The number of aromatic nitrogens is 4. The number of nitrogens with zero attached hydrogens (tertiary/aromatic N) is 4. The van der Waals surface area contributed by atoms with Crippen LogP contribution in [0.1, 0.15) is 0 Å². The van der Waals surface area contributed by atoms with Crippen molar-refractivity contribution in [1.29, 1.82) is 0 Å². The predicted molar refractivity (Wildman–Crippen MR) is 248 cm³/mol. The molecule has 11 aromatic rings. The maximum atomic E-state index is 5.19. The highest BCUT2D eigenvalue weighted by atomic mass is 15.0. The number of benzene rings is 9. The van der Waals surface area contributed by atoms with Crippen LogP contribution in [0.3, 0.4) is 0 Å². The molecule has 0 saturated carbocycles. The monoisotopic (exact) mass is 764 g/mol. The van der Waals surface area contributed by atoms with E-state index in [4.69, 9.17) is 19.9 Å². The molecule has 4 heteroatoms. The van der Waals surface area contributed by atoms with E-state index in [1.54, 1.807) is 0 Å². The minimum Gasteiger partial charge on any atom is -0.247 e. The van der Waals surface area contributed by atoms with Crippen molar-refractivity contribution >= 4 is 32.4 Å². The van der Waals surface area contributed by atoms with Gasteiger partial charge in [-0.1, -0.05) is 200 Å². The summed E-state index contributed by atoms with van der Waals surface area (Å²) >= 11 is 0. The number of pyridine rings is 1. The quantitative estimate of drug-likeness (QED) is 0.120. The molecule has 0 amide bonds. The number of fused-ring (bicyclic) bond motifs is 4. The summed E-state index contributed by atoms with van der Waals surface area (Å²) < 4.78 is 0. The van der Waals surface area contributed by atoms with Crippen LogP contribution < -0.4 is 0 Å². The molecule has 280 valence electrons. The maximum absolute atomic E-state index is 5.19. The smallest absolute Gasteiger partial charge is 0.164 e. The Labute approximate surface area is 348 Å². The third-order valence-corrected chi connectivity index (χ3v) is 11.3. The van der Waals surface area contributed by atoms with E-state index < -0.39 is 0 Å². The first-order valence-electron chi connectivity index (χ1n) is 20.2. The van der Waals surface area contributed by atoms with Gasteiger partial charge in [-0.15, -0.1) is 0 Å². The first-order chi connectivity index (χ1) is 29.7. The molecule has 0 unspecified atom stereocenters. The largest absolute Gasteiger partial charge is 0.247 e. The Morgan fingerprint density at radius 1 is 0.217 bits per heavy atom. The van der Waals surface area contributed by atoms with Gasteiger partial charge < -0.3 is 0 Å². The minimum absolute atomic E-state index is 0.636. The van der Waals surface area contributed by atoms with Crippen LogP contribution >= 0.6 is 0 Å². The summed E-state index contributed by atoms with van der Waals surface area (Å²) in [6, 6.07) is 76.5. The molecule has 0 spiro atoms. The highest BCUT2D eigenvalue weighted by molar-refractivity contribution is 6.15. The maximum Gasteiger partial charge on any atom is 0.164 e. The Morgan fingerprint density at radius 3 is 1.03 bits per heavy atom. The topological polar surface area (TPSA) is 51.6 Å². The van der Waals surface area contributed by atoms with Crippen molar-refractivity contribution in [3.8, 4) is 78.8 Å². The van der Waals surface area contributed by atoms with Gasteiger partial charge in [-0.05, 0) is 67.7 Å². The van der Waals surface area contributed by atoms with E-state index in [1.165, 1.54) is 27.1 Å². The van der Waals surface area contributed by atoms with Crippen LogP contribution in [-0.2, 0) is 0 Å². The molecule has 0 aliphatic carbocycles. The lowest BCUT2D eigenvalue weighted by Gasteiger charge is -2.12. The van der Waals surface area contributed by atoms with Crippen molar-refractivity contribution in [2.75, 3.05) is 0 Å². The molecule has 0 bridgehead atoms. The third-order valence-electron chi connectivity index (χ3n) is 11.3. The second kappa shape index (κ2) is 15.0. The normalized spacial score (nSPS) is 11.3. The second-order valence-corrected chi connectivity index (χ2v) is 15.1. The van der Waals surface area contributed by atoms with Gasteiger partial charge in [-0.2, -0.15) is 0 Å². The number of rotatable bonds is 7. The van der Waals surface area contributed by atoms with Crippen LogP contribution in [0.15, 0.2) is 218 Å². The van der Waals surface area contributed by atoms with Gasteiger partial charge in [0, 0.05) is 33.0 Å². The van der Waals surface area contributed by atoms with Crippen LogP contribution in [0.4, 0.5) is 0 Å². The van der Waals surface area contributed by atoms with Crippen LogP contribution in [0, 0.1) is 0 Å². The summed E-state index contributed by atoms with van der Waals surface area (Å²) in [5.41, 5.74) is 12.8.